The summed E-state index contributed by atoms with van der Waals surface area (Å²) in [6, 6.07) is 18.6. The summed E-state index contributed by atoms with van der Waals surface area (Å²) in [5.74, 6) is 0.884. The van der Waals surface area contributed by atoms with Crippen molar-refractivity contribution in [3.05, 3.63) is 72.1 Å². The van der Waals surface area contributed by atoms with E-state index in [0.717, 1.165) is 17.9 Å². The zero-order chi connectivity index (χ0) is 13.1. The van der Waals surface area contributed by atoms with E-state index in [0.29, 0.717) is 0 Å². The van der Waals surface area contributed by atoms with E-state index in [1.54, 1.807) is 7.11 Å². The average Bonchev–Trinajstić information content (AvgIpc) is 2.48. The lowest BCUT2D eigenvalue weighted by Crippen LogP contribution is -1.93. The SMILES string of the molecule is COc1ccc(Cc2nccc3ccccc23)cc1. The molecular weight excluding hydrogens is 234 g/mol. The zero-order valence-corrected chi connectivity index (χ0v) is 10.8. The summed E-state index contributed by atoms with van der Waals surface area (Å²) in [6.45, 7) is 0. The summed E-state index contributed by atoms with van der Waals surface area (Å²) in [5, 5.41) is 2.46. The molecule has 0 aliphatic rings. The van der Waals surface area contributed by atoms with Crippen molar-refractivity contribution in [1.29, 1.82) is 0 Å². The Morgan fingerprint density at radius 2 is 1.74 bits per heavy atom. The molecule has 2 nitrogen and oxygen atoms in total. The van der Waals surface area contributed by atoms with E-state index in [4.69, 9.17) is 4.74 Å². The van der Waals surface area contributed by atoms with Crippen molar-refractivity contribution in [2.45, 2.75) is 6.42 Å². The van der Waals surface area contributed by atoms with Crippen molar-refractivity contribution >= 4 is 10.8 Å². The number of hydrogen-bond acceptors (Lipinski definition) is 2. The first-order valence-electron chi connectivity index (χ1n) is 6.32. The molecule has 0 spiro atoms. The van der Waals surface area contributed by atoms with Gasteiger partial charge in [-0.05, 0) is 29.1 Å². The Kier molecular flexibility index (Phi) is 3.15. The van der Waals surface area contributed by atoms with Crippen LogP contribution >= 0.6 is 0 Å². The summed E-state index contributed by atoms with van der Waals surface area (Å²) < 4.78 is 5.17. The number of pyridine rings is 1. The van der Waals surface area contributed by atoms with Crippen LogP contribution in [0.2, 0.25) is 0 Å². The quantitative estimate of drug-likeness (QED) is 0.703. The maximum absolute atomic E-state index is 5.17. The largest absolute Gasteiger partial charge is 0.497 e. The first kappa shape index (κ1) is 11.7. The third kappa shape index (κ3) is 2.43. The molecule has 0 saturated heterocycles. The van der Waals surface area contributed by atoms with Gasteiger partial charge in [0.2, 0.25) is 0 Å². The van der Waals surface area contributed by atoms with Gasteiger partial charge in [0.1, 0.15) is 5.75 Å². The Morgan fingerprint density at radius 1 is 0.947 bits per heavy atom. The molecule has 0 amide bonds. The molecule has 0 aliphatic heterocycles. The predicted octanol–water partition coefficient (Wildman–Crippen LogP) is 3.83. The highest BCUT2D eigenvalue weighted by molar-refractivity contribution is 5.84. The fourth-order valence-corrected chi connectivity index (χ4v) is 2.26. The van der Waals surface area contributed by atoms with Gasteiger partial charge in [-0.3, -0.25) is 4.98 Å². The highest BCUT2D eigenvalue weighted by Gasteiger charge is 2.03. The van der Waals surface area contributed by atoms with Gasteiger partial charge in [-0.15, -0.1) is 0 Å². The van der Waals surface area contributed by atoms with E-state index in [1.165, 1.54) is 16.3 Å². The van der Waals surface area contributed by atoms with Gasteiger partial charge in [-0.25, -0.2) is 0 Å². The maximum Gasteiger partial charge on any atom is 0.118 e. The Bertz CT molecular complexity index is 684. The van der Waals surface area contributed by atoms with Gasteiger partial charge in [0.15, 0.2) is 0 Å². The minimum absolute atomic E-state index is 0.839. The molecule has 94 valence electrons. The third-order valence-corrected chi connectivity index (χ3v) is 3.29. The monoisotopic (exact) mass is 249 g/mol. The van der Waals surface area contributed by atoms with Crippen molar-refractivity contribution < 1.29 is 4.74 Å². The van der Waals surface area contributed by atoms with Crippen LogP contribution in [-0.4, -0.2) is 12.1 Å². The molecule has 19 heavy (non-hydrogen) atoms. The Balaban J connectivity index is 1.96. The van der Waals surface area contributed by atoms with Crippen LogP contribution in [-0.2, 0) is 6.42 Å². The van der Waals surface area contributed by atoms with Crippen molar-refractivity contribution in [2.24, 2.45) is 0 Å². The minimum atomic E-state index is 0.839. The molecule has 0 unspecified atom stereocenters. The molecule has 0 saturated carbocycles. The van der Waals surface area contributed by atoms with Gasteiger partial charge in [0.05, 0.1) is 12.8 Å². The van der Waals surface area contributed by atoms with Crippen LogP contribution in [0.15, 0.2) is 60.8 Å². The first-order chi connectivity index (χ1) is 9.36. The lowest BCUT2D eigenvalue weighted by atomic mass is 10.0. The lowest BCUT2D eigenvalue weighted by molar-refractivity contribution is 0.414. The number of ether oxygens (including phenoxy) is 1. The Morgan fingerprint density at radius 3 is 2.53 bits per heavy atom. The van der Waals surface area contributed by atoms with E-state index in [2.05, 4.69) is 41.4 Å². The van der Waals surface area contributed by atoms with Crippen LogP contribution in [0.3, 0.4) is 0 Å². The third-order valence-electron chi connectivity index (χ3n) is 3.29. The fraction of sp³-hybridized carbons (Fsp3) is 0.118. The van der Waals surface area contributed by atoms with Gasteiger partial charge in [-0.1, -0.05) is 36.4 Å². The summed E-state index contributed by atoms with van der Waals surface area (Å²) in [6.07, 6.45) is 2.71. The summed E-state index contributed by atoms with van der Waals surface area (Å²) in [5.41, 5.74) is 2.35. The van der Waals surface area contributed by atoms with Crippen LogP contribution in [0, 0.1) is 0 Å². The molecule has 0 N–H and O–H groups in total. The van der Waals surface area contributed by atoms with Crippen molar-refractivity contribution in [1.82, 2.24) is 4.98 Å². The number of fused-ring (bicyclic) bond motifs is 1. The molecule has 0 radical (unpaired) electrons. The highest BCUT2D eigenvalue weighted by atomic mass is 16.5. The van der Waals surface area contributed by atoms with Crippen LogP contribution in [0.5, 0.6) is 5.75 Å². The topological polar surface area (TPSA) is 22.1 Å². The predicted molar refractivity (Wildman–Crippen MR) is 77.5 cm³/mol. The second-order valence-corrected chi connectivity index (χ2v) is 4.50. The standard InChI is InChI=1S/C17H15NO/c1-19-15-8-6-13(7-9-15)12-17-16-5-3-2-4-14(16)10-11-18-17/h2-11H,12H2,1H3. The molecule has 0 aliphatic carbocycles. The number of rotatable bonds is 3. The second kappa shape index (κ2) is 5.11. The molecule has 1 aromatic heterocycles. The molecule has 0 bridgehead atoms. The molecule has 2 aromatic carbocycles. The van der Waals surface area contributed by atoms with E-state index in [1.807, 2.05) is 24.4 Å². The molecule has 0 fully saturated rings. The normalized spacial score (nSPS) is 10.6. The summed E-state index contributed by atoms with van der Waals surface area (Å²) in [4.78, 5) is 4.51. The van der Waals surface area contributed by atoms with Crippen LogP contribution < -0.4 is 4.74 Å². The van der Waals surface area contributed by atoms with Crippen molar-refractivity contribution in [2.75, 3.05) is 7.11 Å². The molecule has 0 atom stereocenters. The number of hydrogen-bond donors (Lipinski definition) is 0. The summed E-state index contributed by atoms with van der Waals surface area (Å²) >= 11 is 0. The first-order valence-corrected chi connectivity index (χ1v) is 6.32. The molecule has 2 heteroatoms. The van der Waals surface area contributed by atoms with Crippen molar-refractivity contribution in [3.8, 4) is 5.75 Å². The van der Waals surface area contributed by atoms with Gasteiger partial charge < -0.3 is 4.74 Å². The van der Waals surface area contributed by atoms with E-state index < -0.39 is 0 Å². The number of benzene rings is 2. The van der Waals surface area contributed by atoms with Crippen LogP contribution in [0.1, 0.15) is 11.3 Å². The minimum Gasteiger partial charge on any atom is -0.497 e. The molecule has 3 aromatic rings. The van der Waals surface area contributed by atoms with Gasteiger partial charge in [0, 0.05) is 18.0 Å². The zero-order valence-electron chi connectivity index (χ0n) is 10.8. The number of methoxy groups -OCH3 is 1. The molecular formula is C17H15NO. The smallest absolute Gasteiger partial charge is 0.118 e. The second-order valence-electron chi connectivity index (χ2n) is 4.50. The maximum atomic E-state index is 5.17. The fourth-order valence-electron chi connectivity index (χ4n) is 2.26. The molecule has 3 rings (SSSR count). The summed E-state index contributed by atoms with van der Waals surface area (Å²) in [7, 11) is 1.68. The van der Waals surface area contributed by atoms with E-state index >= 15 is 0 Å². The van der Waals surface area contributed by atoms with E-state index in [-0.39, 0.29) is 0 Å². The van der Waals surface area contributed by atoms with Gasteiger partial charge >= 0.3 is 0 Å². The van der Waals surface area contributed by atoms with Crippen molar-refractivity contribution in [3.63, 3.8) is 0 Å². The number of nitrogens with zero attached hydrogens (tertiary/aromatic N) is 1. The van der Waals surface area contributed by atoms with Gasteiger partial charge in [0.25, 0.3) is 0 Å². The van der Waals surface area contributed by atoms with Gasteiger partial charge in [-0.2, -0.15) is 0 Å². The van der Waals surface area contributed by atoms with Crippen LogP contribution in [0.4, 0.5) is 0 Å². The highest BCUT2D eigenvalue weighted by Crippen LogP contribution is 2.20. The lowest BCUT2D eigenvalue weighted by Gasteiger charge is -2.06. The van der Waals surface area contributed by atoms with E-state index in [9.17, 15) is 0 Å². The molecule has 1 heterocycles. The Hall–Kier alpha value is -2.35. The average molecular weight is 249 g/mol. The number of aromatic nitrogens is 1. The Labute approximate surface area is 112 Å². The van der Waals surface area contributed by atoms with Crippen LogP contribution in [0.25, 0.3) is 10.8 Å².